The van der Waals surface area contributed by atoms with E-state index in [0.717, 1.165) is 4.90 Å². The Morgan fingerprint density at radius 1 is 1.33 bits per heavy atom. The zero-order valence-electron chi connectivity index (χ0n) is 4.52. The Balaban J connectivity index is 2.40. The van der Waals surface area contributed by atoms with Gasteiger partial charge in [-0.3, -0.25) is 4.90 Å². The lowest BCUT2D eigenvalue weighted by Gasteiger charge is -2.13. The second kappa shape index (κ2) is 1.85. The third kappa shape index (κ3) is 1.56. The minimum Gasteiger partial charge on any atom is -0.370 e. The molecule has 0 radical (unpaired) electrons. The van der Waals surface area contributed by atoms with Crippen LogP contribution in [0.25, 0.3) is 0 Å². The highest BCUT2D eigenvalue weighted by Crippen LogP contribution is 2.26. The van der Waals surface area contributed by atoms with Crippen LogP contribution in [0, 0.1) is 0 Å². The molecule has 0 aromatic heterocycles. The van der Waals surface area contributed by atoms with Crippen LogP contribution in [0.5, 0.6) is 0 Å². The van der Waals surface area contributed by atoms with Crippen molar-refractivity contribution >= 4 is 0 Å². The predicted octanol–water partition coefficient (Wildman–Crippen LogP) is 0.183. The van der Waals surface area contributed by atoms with E-state index in [9.17, 15) is 13.2 Å². The summed E-state index contributed by atoms with van der Waals surface area (Å²) >= 11 is 0. The Bertz CT molecular complexity index is 109. The highest BCUT2D eigenvalue weighted by atomic mass is 19.4. The molecule has 1 atom stereocenters. The average molecular weight is 141 g/mol. The van der Waals surface area contributed by atoms with Crippen molar-refractivity contribution in [1.29, 1.82) is 0 Å². The van der Waals surface area contributed by atoms with Crippen LogP contribution in [-0.4, -0.2) is 35.5 Å². The van der Waals surface area contributed by atoms with Crippen LogP contribution in [-0.2, 0) is 0 Å². The number of hydrogen-bond acceptors (Lipinski definition) is 2. The van der Waals surface area contributed by atoms with E-state index in [1.807, 2.05) is 0 Å². The number of nitrogens with zero attached hydrogens (tertiary/aromatic N) is 1. The third-order valence-corrected chi connectivity index (χ3v) is 1.12. The molecule has 1 unspecified atom stereocenters. The van der Waals surface area contributed by atoms with Crippen molar-refractivity contribution in [2.75, 3.05) is 13.1 Å². The topological polar surface area (TPSA) is 23.2 Å². The van der Waals surface area contributed by atoms with E-state index in [2.05, 4.69) is 0 Å². The molecule has 0 aromatic rings. The average Bonchev–Trinajstić information content (AvgIpc) is 2.40. The zero-order valence-corrected chi connectivity index (χ0v) is 4.52. The molecule has 1 heterocycles. The fourth-order valence-corrected chi connectivity index (χ4v) is 0.509. The Hall–Kier alpha value is -0.290. The van der Waals surface area contributed by atoms with Crippen molar-refractivity contribution in [3.05, 3.63) is 0 Å². The molecule has 1 saturated heterocycles. The molecule has 1 fully saturated rings. The molecule has 0 aliphatic carbocycles. The molecule has 0 aromatic carbocycles. The number of aliphatic hydroxyl groups is 1. The number of halogens is 3. The highest BCUT2D eigenvalue weighted by molar-refractivity contribution is 4.79. The summed E-state index contributed by atoms with van der Waals surface area (Å²) in [7, 11) is 0. The van der Waals surface area contributed by atoms with Gasteiger partial charge in [-0.15, -0.1) is 0 Å². The van der Waals surface area contributed by atoms with Gasteiger partial charge in [0.05, 0.1) is 0 Å². The molecule has 2 nitrogen and oxygen atoms in total. The van der Waals surface area contributed by atoms with Crippen molar-refractivity contribution < 1.29 is 18.3 Å². The quantitative estimate of drug-likeness (QED) is 0.526. The zero-order chi connectivity index (χ0) is 7.07. The lowest BCUT2D eigenvalue weighted by atomic mass is 10.5. The van der Waals surface area contributed by atoms with Gasteiger partial charge in [-0.1, -0.05) is 0 Å². The predicted molar refractivity (Wildman–Crippen MR) is 23.6 cm³/mol. The van der Waals surface area contributed by atoms with Crippen molar-refractivity contribution in [3.8, 4) is 0 Å². The van der Waals surface area contributed by atoms with Crippen LogP contribution in [0.3, 0.4) is 0 Å². The molecule has 0 bridgehead atoms. The van der Waals surface area contributed by atoms with Crippen molar-refractivity contribution in [1.82, 2.24) is 4.90 Å². The Morgan fingerprint density at radius 3 is 1.89 bits per heavy atom. The van der Waals surface area contributed by atoms with Crippen LogP contribution in [0.1, 0.15) is 0 Å². The Morgan fingerprint density at radius 2 is 1.78 bits per heavy atom. The smallest absolute Gasteiger partial charge is 0.370 e. The number of hydrogen-bond donors (Lipinski definition) is 1. The van der Waals surface area contributed by atoms with Gasteiger partial charge in [0, 0.05) is 13.1 Å². The Labute approximate surface area is 49.9 Å². The summed E-state index contributed by atoms with van der Waals surface area (Å²) in [6, 6.07) is 0. The first kappa shape index (κ1) is 6.82. The van der Waals surface area contributed by atoms with Crippen LogP contribution >= 0.6 is 0 Å². The second-order valence-corrected chi connectivity index (χ2v) is 1.95. The van der Waals surface area contributed by atoms with Gasteiger partial charge in [-0.2, -0.15) is 13.2 Å². The first-order chi connectivity index (χ1) is 4.02. The van der Waals surface area contributed by atoms with E-state index in [0.29, 0.717) is 13.1 Å². The number of rotatable bonds is 1. The number of alkyl halides is 3. The molecule has 5 heteroatoms. The maximum Gasteiger partial charge on any atom is 0.428 e. The fourth-order valence-electron chi connectivity index (χ4n) is 0.509. The standard InChI is InChI=1S/C4H6F3NO/c5-4(6,7)3(9)8-1-2-8/h3,9H,1-2H2. The van der Waals surface area contributed by atoms with Crippen molar-refractivity contribution in [3.63, 3.8) is 0 Å². The van der Waals surface area contributed by atoms with Gasteiger partial charge in [0.2, 0.25) is 6.23 Å². The minimum atomic E-state index is -4.48. The van der Waals surface area contributed by atoms with Crippen molar-refractivity contribution in [2.24, 2.45) is 0 Å². The maximum absolute atomic E-state index is 11.4. The van der Waals surface area contributed by atoms with Crippen LogP contribution in [0.15, 0.2) is 0 Å². The summed E-state index contributed by atoms with van der Waals surface area (Å²) in [5.41, 5.74) is 0. The van der Waals surface area contributed by atoms with Gasteiger partial charge in [0.25, 0.3) is 0 Å². The summed E-state index contributed by atoms with van der Waals surface area (Å²) in [6.07, 6.45) is -6.71. The molecule has 1 N–H and O–H groups in total. The third-order valence-electron chi connectivity index (χ3n) is 1.12. The maximum atomic E-state index is 11.4. The molecule has 54 valence electrons. The SMILES string of the molecule is OC(N1CC1)C(F)(F)F. The van der Waals surface area contributed by atoms with Crippen molar-refractivity contribution in [2.45, 2.75) is 12.4 Å². The summed E-state index contributed by atoms with van der Waals surface area (Å²) in [5.74, 6) is 0. The summed E-state index contributed by atoms with van der Waals surface area (Å²) in [4.78, 5) is 0.931. The largest absolute Gasteiger partial charge is 0.428 e. The Kier molecular flexibility index (Phi) is 1.40. The molecule has 0 spiro atoms. The first-order valence-electron chi connectivity index (χ1n) is 2.50. The fraction of sp³-hybridized carbons (Fsp3) is 1.00. The van der Waals surface area contributed by atoms with Crippen LogP contribution in [0.4, 0.5) is 13.2 Å². The molecule has 1 rings (SSSR count). The summed E-state index contributed by atoms with van der Waals surface area (Å²) in [5, 5.41) is 8.33. The second-order valence-electron chi connectivity index (χ2n) is 1.95. The van der Waals surface area contributed by atoms with Gasteiger partial charge in [0.15, 0.2) is 0 Å². The molecule has 0 saturated carbocycles. The first-order valence-corrected chi connectivity index (χ1v) is 2.50. The van der Waals surface area contributed by atoms with Gasteiger partial charge in [-0.05, 0) is 0 Å². The van der Waals surface area contributed by atoms with Gasteiger partial charge in [0.1, 0.15) is 0 Å². The normalized spacial score (nSPS) is 24.0. The van der Waals surface area contributed by atoms with E-state index in [1.165, 1.54) is 0 Å². The highest BCUT2D eigenvalue weighted by Gasteiger charge is 2.46. The van der Waals surface area contributed by atoms with Crippen LogP contribution < -0.4 is 0 Å². The monoisotopic (exact) mass is 141 g/mol. The lowest BCUT2D eigenvalue weighted by Crippen LogP contribution is -2.35. The van der Waals surface area contributed by atoms with Gasteiger partial charge >= 0.3 is 6.18 Å². The van der Waals surface area contributed by atoms with E-state index in [1.54, 1.807) is 0 Å². The molecule has 0 amide bonds. The lowest BCUT2D eigenvalue weighted by molar-refractivity contribution is -0.231. The van der Waals surface area contributed by atoms with E-state index in [-0.39, 0.29) is 0 Å². The summed E-state index contributed by atoms with van der Waals surface area (Å²) in [6.45, 7) is 0.696. The van der Waals surface area contributed by atoms with Crippen LogP contribution in [0.2, 0.25) is 0 Å². The van der Waals surface area contributed by atoms with E-state index < -0.39 is 12.4 Å². The molecule has 1 aliphatic rings. The van der Waals surface area contributed by atoms with E-state index >= 15 is 0 Å². The van der Waals surface area contributed by atoms with Gasteiger partial charge in [-0.25, -0.2) is 0 Å². The molecule has 1 aliphatic heterocycles. The number of aliphatic hydroxyl groups excluding tert-OH is 1. The molecule has 9 heavy (non-hydrogen) atoms. The minimum absolute atomic E-state index is 0.348. The molecular weight excluding hydrogens is 135 g/mol. The van der Waals surface area contributed by atoms with Gasteiger partial charge < -0.3 is 5.11 Å². The molecular formula is C4H6F3NO. The van der Waals surface area contributed by atoms with E-state index in [4.69, 9.17) is 5.11 Å². The summed E-state index contributed by atoms with van der Waals surface area (Å²) < 4.78 is 34.3.